The number of carbonyl (C=O) groups is 3. The normalized spacial score (nSPS) is 13.7. The van der Waals surface area contributed by atoms with Crippen molar-refractivity contribution in [1.29, 1.82) is 0 Å². The number of halogens is 1. The number of nitrogens with zero attached hydrogens (tertiary/aromatic N) is 2. The minimum atomic E-state index is -0.326. The number of fused-ring (bicyclic) bond motifs is 1. The number of amides is 3. The van der Waals surface area contributed by atoms with Crippen LogP contribution in [0.5, 0.6) is 0 Å². The molecule has 8 heteroatoms. The first-order chi connectivity index (χ1) is 15.5. The molecule has 7 nitrogen and oxygen atoms in total. The Balaban J connectivity index is 1.33. The summed E-state index contributed by atoms with van der Waals surface area (Å²) in [6, 6.07) is 17.6. The number of aromatic amines is 1. The number of nitrogens with one attached hydrogen (secondary N) is 2. The molecular formula is C24H17FN4O3. The molecule has 4 aromatic rings. The van der Waals surface area contributed by atoms with Gasteiger partial charge in [0.25, 0.3) is 5.91 Å². The van der Waals surface area contributed by atoms with Gasteiger partial charge in [-0.1, -0.05) is 0 Å². The third-order valence-corrected chi connectivity index (χ3v) is 5.30. The molecule has 1 aliphatic rings. The minimum absolute atomic E-state index is 0.208. The van der Waals surface area contributed by atoms with Crippen molar-refractivity contribution in [2.75, 3.05) is 10.2 Å². The maximum atomic E-state index is 13.2. The molecule has 2 heterocycles. The predicted molar refractivity (Wildman–Crippen MR) is 118 cm³/mol. The summed E-state index contributed by atoms with van der Waals surface area (Å²) >= 11 is 0. The van der Waals surface area contributed by atoms with Crippen LogP contribution in [0.3, 0.4) is 0 Å². The van der Waals surface area contributed by atoms with Gasteiger partial charge in [0.1, 0.15) is 11.6 Å². The molecule has 32 heavy (non-hydrogen) atoms. The van der Waals surface area contributed by atoms with Crippen molar-refractivity contribution in [3.63, 3.8) is 0 Å². The van der Waals surface area contributed by atoms with Crippen molar-refractivity contribution in [3.8, 4) is 11.4 Å². The van der Waals surface area contributed by atoms with E-state index in [4.69, 9.17) is 0 Å². The van der Waals surface area contributed by atoms with Crippen LogP contribution in [0.4, 0.5) is 15.8 Å². The lowest BCUT2D eigenvalue weighted by Gasteiger charge is -2.14. The molecule has 5 rings (SSSR count). The second kappa shape index (κ2) is 7.73. The molecule has 3 aromatic carbocycles. The largest absolute Gasteiger partial charge is 0.338 e. The summed E-state index contributed by atoms with van der Waals surface area (Å²) in [7, 11) is 0. The molecule has 1 aliphatic heterocycles. The first-order valence-corrected chi connectivity index (χ1v) is 10.0. The van der Waals surface area contributed by atoms with E-state index in [9.17, 15) is 18.8 Å². The Kier molecular flexibility index (Phi) is 4.74. The first kappa shape index (κ1) is 19.6. The zero-order valence-electron chi connectivity index (χ0n) is 16.8. The van der Waals surface area contributed by atoms with E-state index in [2.05, 4.69) is 15.3 Å². The summed E-state index contributed by atoms with van der Waals surface area (Å²) in [4.78, 5) is 45.2. The van der Waals surface area contributed by atoms with E-state index in [1.54, 1.807) is 54.6 Å². The van der Waals surface area contributed by atoms with Crippen LogP contribution in [0, 0.1) is 5.82 Å². The Hall–Kier alpha value is -4.33. The van der Waals surface area contributed by atoms with E-state index in [0.717, 1.165) is 16.0 Å². The SMILES string of the molecule is O=C(Nc1ccc2nc(-c3ccc(F)cc3)[nH]c2c1)c1ccc(N2C(=O)CCC2=O)cc1. The molecule has 0 bridgehead atoms. The summed E-state index contributed by atoms with van der Waals surface area (Å²) < 4.78 is 13.2. The van der Waals surface area contributed by atoms with Gasteiger partial charge in [-0.3, -0.25) is 19.3 Å². The van der Waals surface area contributed by atoms with Crippen LogP contribution in [0.15, 0.2) is 66.7 Å². The van der Waals surface area contributed by atoms with Crippen LogP contribution in [0.1, 0.15) is 23.2 Å². The van der Waals surface area contributed by atoms with E-state index < -0.39 is 0 Å². The number of hydrogen-bond acceptors (Lipinski definition) is 4. The first-order valence-electron chi connectivity index (χ1n) is 10.0. The lowest BCUT2D eigenvalue weighted by Crippen LogP contribution is -2.28. The summed E-state index contributed by atoms with van der Waals surface area (Å²) in [5.74, 6) is -0.514. The van der Waals surface area contributed by atoms with E-state index >= 15 is 0 Å². The molecule has 1 saturated heterocycles. The van der Waals surface area contributed by atoms with Gasteiger partial charge in [0.05, 0.1) is 16.7 Å². The molecule has 3 amide bonds. The van der Waals surface area contributed by atoms with E-state index in [-0.39, 0.29) is 36.4 Å². The van der Waals surface area contributed by atoms with Crippen molar-refractivity contribution >= 4 is 40.1 Å². The molecule has 2 N–H and O–H groups in total. The number of imide groups is 1. The molecule has 0 radical (unpaired) electrons. The van der Waals surface area contributed by atoms with Crippen LogP contribution < -0.4 is 10.2 Å². The lowest BCUT2D eigenvalue weighted by molar-refractivity contribution is -0.121. The van der Waals surface area contributed by atoms with Gasteiger partial charge in [-0.2, -0.15) is 0 Å². The molecule has 1 fully saturated rings. The van der Waals surface area contributed by atoms with Gasteiger partial charge < -0.3 is 10.3 Å². The number of benzene rings is 3. The molecule has 1 aromatic heterocycles. The Labute approximate surface area is 181 Å². The van der Waals surface area contributed by atoms with Gasteiger partial charge in [-0.05, 0) is 66.7 Å². The Morgan fingerprint density at radius 2 is 1.62 bits per heavy atom. The van der Waals surface area contributed by atoms with Crippen LogP contribution in [0.25, 0.3) is 22.4 Å². The summed E-state index contributed by atoms with van der Waals surface area (Å²) in [6.07, 6.45) is 0.417. The van der Waals surface area contributed by atoms with Gasteiger partial charge in [-0.15, -0.1) is 0 Å². The fourth-order valence-electron chi connectivity index (χ4n) is 3.66. The average molecular weight is 428 g/mol. The fraction of sp³-hybridized carbons (Fsp3) is 0.0833. The number of H-pyrrole nitrogens is 1. The van der Waals surface area contributed by atoms with Crippen molar-refractivity contribution in [3.05, 3.63) is 78.1 Å². The Morgan fingerprint density at radius 1 is 0.938 bits per heavy atom. The quantitative estimate of drug-likeness (QED) is 0.475. The maximum absolute atomic E-state index is 13.2. The third-order valence-electron chi connectivity index (χ3n) is 5.30. The van der Waals surface area contributed by atoms with Gasteiger partial charge in [-0.25, -0.2) is 9.37 Å². The predicted octanol–water partition coefficient (Wildman–Crippen LogP) is 4.27. The highest BCUT2D eigenvalue weighted by Gasteiger charge is 2.30. The zero-order chi connectivity index (χ0) is 22.2. The number of imidazole rings is 1. The van der Waals surface area contributed by atoms with Crippen molar-refractivity contribution in [2.24, 2.45) is 0 Å². The summed E-state index contributed by atoms with van der Waals surface area (Å²) in [5, 5.41) is 2.83. The highest BCUT2D eigenvalue weighted by molar-refractivity contribution is 6.20. The van der Waals surface area contributed by atoms with Crippen LogP contribution in [-0.4, -0.2) is 27.7 Å². The smallest absolute Gasteiger partial charge is 0.255 e. The number of aromatic nitrogens is 2. The summed E-state index contributed by atoms with van der Waals surface area (Å²) in [5.41, 5.74) is 3.62. The number of anilines is 2. The molecule has 0 aliphatic carbocycles. The standard InChI is InChI=1S/C24H17FN4O3/c25-16-5-1-14(2-6-16)23-27-19-10-7-17(13-20(19)28-23)26-24(32)15-3-8-18(9-4-15)29-21(30)11-12-22(29)31/h1-10,13H,11-12H2,(H,26,32)(H,27,28). The molecule has 0 saturated carbocycles. The van der Waals surface area contributed by atoms with Crippen LogP contribution in [-0.2, 0) is 9.59 Å². The fourth-order valence-corrected chi connectivity index (χ4v) is 3.66. The number of carbonyl (C=O) groups excluding carboxylic acids is 3. The highest BCUT2D eigenvalue weighted by Crippen LogP contribution is 2.25. The second-order valence-corrected chi connectivity index (χ2v) is 7.45. The average Bonchev–Trinajstić information content (AvgIpc) is 3.36. The van der Waals surface area contributed by atoms with E-state index in [1.165, 1.54) is 12.1 Å². The van der Waals surface area contributed by atoms with Crippen molar-refractivity contribution in [1.82, 2.24) is 9.97 Å². The van der Waals surface area contributed by atoms with Crippen LogP contribution in [0.2, 0.25) is 0 Å². The Morgan fingerprint density at radius 3 is 2.31 bits per heavy atom. The highest BCUT2D eigenvalue weighted by atomic mass is 19.1. The van der Waals surface area contributed by atoms with Crippen molar-refractivity contribution in [2.45, 2.75) is 12.8 Å². The molecule has 158 valence electrons. The summed E-state index contributed by atoms with van der Waals surface area (Å²) in [6.45, 7) is 0. The molecule has 0 atom stereocenters. The maximum Gasteiger partial charge on any atom is 0.255 e. The third kappa shape index (κ3) is 3.62. The Bertz CT molecular complexity index is 1340. The van der Waals surface area contributed by atoms with Gasteiger partial charge in [0, 0.05) is 29.7 Å². The number of rotatable bonds is 4. The van der Waals surface area contributed by atoms with Gasteiger partial charge >= 0.3 is 0 Å². The lowest BCUT2D eigenvalue weighted by atomic mass is 10.1. The minimum Gasteiger partial charge on any atom is -0.338 e. The van der Waals surface area contributed by atoms with Crippen molar-refractivity contribution < 1.29 is 18.8 Å². The van der Waals surface area contributed by atoms with Gasteiger partial charge in [0.2, 0.25) is 11.8 Å². The second-order valence-electron chi connectivity index (χ2n) is 7.45. The van der Waals surface area contributed by atoms with E-state index in [0.29, 0.717) is 28.3 Å². The van der Waals surface area contributed by atoms with Gasteiger partial charge in [0.15, 0.2) is 0 Å². The molecular weight excluding hydrogens is 411 g/mol. The molecule has 0 unspecified atom stereocenters. The number of hydrogen-bond donors (Lipinski definition) is 2. The molecule has 0 spiro atoms. The van der Waals surface area contributed by atoms with E-state index in [1.807, 2.05) is 0 Å². The zero-order valence-corrected chi connectivity index (χ0v) is 16.8. The topological polar surface area (TPSA) is 95.2 Å². The van der Waals surface area contributed by atoms with Crippen LogP contribution >= 0.6 is 0 Å². The monoisotopic (exact) mass is 428 g/mol.